The van der Waals surface area contributed by atoms with Gasteiger partial charge in [-0.2, -0.15) is 0 Å². The second-order valence-electron chi connectivity index (χ2n) is 7.11. The lowest BCUT2D eigenvalue weighted by Crippen LogP contribution is -2.47. The summed E-state index contributed by atoms with van der Waals surface area (Å²) in [6.07, 6.45) is 0. The number of fused-ring (bicyclic) bond motifs is 1. The topological polar surface area (TPSA) is 81.3 Å². The molecule has 3 aromatic rings. The third-order valence-corrected chi connectivity index (χ3v) is 6.46. The number of anilines is 1. The van der Waals surface area contributed by atoms with Crippen LogP contribution in [-0.4, -0.2) is 57.8 Å². The van der Waals surface area contributed by atoms with Crippen molar-refractivity contribution in [2.45, 2.75) is 20.4 Å². The molecule has 29 heavy (non-hydrogen) atoms. The van der Waals surface area contributed by atoms with Gasteiger partial charge in [-0.25, -0.2) is 4.98 Å². The van der Waals surface area contributed by atoms with Crippen LogP contribution in [0.15, 0.2) is 24.3 Å². The van der Waals surface area contributed by atoms with Crippen molar-refractivity contribution in [2.24, 2.45) is 0 Å². The van der Waals surface area contributed by atoms with E-state index in [-0.39, 0.29) is 11.8 Å². The molecule has 4 rings (SSSR count). The van der Waals surface area contributed by atoms with E-state index in [2.05, 4.69) is 20.2 Å². The molecule has 0 radical (unpaired) electrons. The number of aromatic amines is 1. The fraction of sp³-hybridized carbons (Fsp3) is 0.350. The molecule has 0 spiro atoms. The lowest BCUT2D eigenvalue weighted by molar-refractivity contribution is -0.130. The fourth-order valence-corrected chi connectivity index (χ4v) is 4.66. The van der Waals surface area contributed by atoms with E-state index in [4.69, 9.17) is 11.6 Å². The third kappa shape index (κ3) is 4.14. The lowest BCUT2D eigenvalue weighted by Gasteiger charge is -2.34. The maximum absolute atomic E-state index is 13.0. The van der Waals surface area contributed by atoms with Crippen LogP contribution in [0.3, 0.4) is 0 Å². The van der Waals surface area contributed by atoms with E-state index < -0.39 is 0 Å². The molecule has 1 aromatic carbocycles. The predicted octanol–water partition coefficient (Wildman–Crippen LogP) is 3.50. The van der Waals surface area contributed by atoms with Crippen LogP contribution in [-0.2, 0) is 11.3 Å². The Morgan fingerprint density at radius 3 is 2.66 bits per heavy atom. The molecule has 2 N–H and O–H groups in total. The highest BCUT2D eigenvalue weighted by Gasteiger charge is 2.25. The highest BCUT2D eigenvalue weighted by molar-refractivity contribution is 7.18. The van der Waals surface area contributed by atoms with Crippen LogP contribution in [0.25, 0.3) is 10.3 Å². The summed E-state index contributed by atoms with van der Waals surface area (Å²) in [5, 5.41) is 4.34. The van der Waals surface area contributed by atoms with Crippen molar-refractivity contribution in [2.75, 3.05) is 31.5 Å². The number of para-hydroxylation sites is 1. The Bertz CT molecular complexity index is 1070. The van der Waals surface area contributed by atoms with E-state index in [1.54, 1.807) is 30.4 Å². The molecule has 1 saturated heterocycles. The fourth-order valence-electron chi connectivity index (χ4n) is 3.56. The monoisotopic (exact) mass is 431 g/mol. The maximum Gasteiger partial charge on any atom is 0.272 e. The minimum Gasteiger partial charge on any atom is -0.340 e. The molecule has 9 heteroatoms. The maximum atomic E-state index is 13.0. The van der Waals surface area contributed by atoms with Crippen molar-refractivity contribution in [1.29, 1.82) is 0 Å². The third-order valence-electron chi connectivity index (χ3n) is 5.10. The SMILES string of the molecule is CC(=O)N1CCN(Cc2c(C(=O)Nc3ccccc3Cl)[nH]c3nc(C)sc23)CC1. The summed E-state index contributed by atoms with van der Waals surface area (Å²) in [5.41, 5.74) is 2.75. The average molecular weight is 432 g/mol. The number of aromatic nitrogens is 2. The number of halogens is 1. The quantitative estimate of drug-likeness (QED) is 0.662. The number of carbonyl (C=O) groups excluding carboxylic acids is 2. The Labute approximate surface area is 177 Å². The van der Waals surface area contributed by atoms with E-state index in [0.29, 0.717) is 36.0 Å². The van der Waals surface area contributed by atoms with Crippen LogP contribution in [0.2, 0.25) is 5.02 Å². The largest absolute Gasteiger partial charge is 0.340 e. The van der Waals surface area contributed by atoms with Gasteiger partial charge in [-0.1, -0.05) is 23.7 Å². The van der Waals surface area contributed by atoms with Gasteiger partial charge in [0.2, 0.25) is 5.91 Å². The minimum atomic E-state index is -0.238. The van der Waals surface area contributed by atoms with E-state index in [0.717, 1.165) is 34.0 Å². The highest BCUT2D eigenvalue weighted by atomic mass is 35.5. The Balaban J connectivity index is 1.59. The number of H-pyrrole nitrogens is 1. The Hall–Kier alpha value is -2.42. The summed E-state index contributed by atoms with van der Waals surface area (Å²) >= 11 is 7.77. The molecule has 152 valence electrons. The molecule has 2 aromatic heterocycles. The zero-order valence-electron chi connectivity index (χ0n) is 16.3. The molecule has 0 atom stereocenters. The van der Waals surface area contributed by atoms with Crippen molar-refractivity contribution in [3.05, 3.63) is 45.6 Å². The number of aryl methyl sites for hydroxylation is 1. The van der Waals surface area contributed by atoms with Crippen LogP contribution < -0.4 is 5.32 Å². The Morgan fingerprint density at radius 2 is 1.97 bits per heavy atom. The van der Waals surface area contributed by atoms with Gasteiger partial charge >= 0.3 is 0 Å². The van der Waals surface area contributed by atoms with Crippen LogP contribution in [0, 0.1) is 6.92 Å². The number of carbonyl (C=O) groups is 2. The second kappa shape index (κ2) is 8.14. The van der Waals surface area contributed by atoms with Gasteiger partial charge in [0.05, 0.1) is 20.4 Å². The van der Waals surface area contributed by atoms with E-state index in [1.165, 1.54) is 0 Å². The predicted molar refractivity (Wildman–Crippen MR) is 116 cm³/mol. The zero-order chi connectivity index (χ0) is 20.5. The number of nitrogens with zero attached hydrogens (tertiary/aromatic N) is 3. The van der Waals surface area contributed by atoms with Crippen LogP contribution in [0.4, 0.5) is 5.69 Å². The number of hydrogen-bond donors (Lipinski definition) is 2. The molecule has 1 fully saturated rings. The number of rotatable bonds is 4. The molecular formula is C20H22ClN5O2S. The lowest BCUT2D eigenvalue weighted by atomic mass is 10.2. The number of nitrogens with one attached hydrogen (secondary N) is 2. The minimum absolute atomic E-state index is 0.103. The number of piperazine rings is 1. The van der Waals surface area contributed by atoms with Crippen molar-refractivity contribution < 1.29 is 9.59 Å². The molecule has 1 aliphatic heterocycles. The van der Waals surface area contributed by atoms with Gasteiger partial charge in [-0.05, 0) is 19.1 Å². The first-order valence-electron chi connectivity index (χ1n) is 9.44. The molecule has 3 heterocycles. The number of hydrogen-bond acceptors (Lipinski definition) is 5. The van der Waals surface area contributed by atoms with Gasteiger partial charge in [0.1, 0.15) is 11.3 Å². The molecule has 0 aliphatic carbocycles. The van der Waals surface area contributed by atoms with Crippen LogP contribution in [0.1, 0.15) is 28.0 Å². The highest BCUT2D eigenvalue weighted by Crippen LogP contribution is 2.30. The summed E-state index contributed by atoms with van der Waals surface area (Å²) < 4.78 is 1.00. The van der Waals surface area contributed by atoms with Crippen LogP contribution in [0.5, 0.6) is 0 Å². The van der Waals surface area contributed by atoms with Gasteiger partial charge in [-0.15, -0.1) is 11.3 Å². The van der Waals surface area contributed by atoms with Gasteiger partial charge in [-0.3, -0.25) is 14.5 Å². The number of thiazole rings is 1. The standard InChI is InChI=1S/C20H22ClN5O2S/c1-12-22-19-18(29-12)14(11-25-7-9-26(10-8-25)13(2)27)17(24-19)20(28)23-16-6-4-3-5-15(16)21/h3-6,24H,7-11H2,1-2H3,(H,23,28). The Kier molecular flexibility index (Phi) is 5.58. The second-order valence-corrected chi connectivity index (χ2v) is 8.72. The van der Waals surface area contributed by atoms with Crippen LogP contribution >= 0.6 is 22.9 Å². The first kappa shape index (κ1) is 19.9. The molecule has 0 bridgehead atoms. The summed E-state index contributed by atoms with van der Waals surface area (Å²) in [5.74, 6) is -0.134. The first-order valence-corrected chi connectivity index (χ1v) is 10.6. The molecule has 2 amide bonds. The van der Waals surface area contributed by atoms with Gasteiger partial charge in [0, 0.05) is 45.2 Å². The summed E-state index contributed by atoms with van der Waals surface area (Å²) in [7, 11) is 0. The molecule has 0 unspecified atom stereocenters. The normalized spacial score (nSPS) is 15.1. The van der Waals surface area contributed by atoms with E-state index in [1.807, 2.05) is 24.0 Å². The van der Waals surface area contributed by atoms with Crippen molar-refractivity contribution in [3.63, 3.8) is 0 Å². The van der Waals surface area contributed by atoms with Gasteiger partial charge < -0.3 is 15.2 Å². The van der Waals surface area contributed by atoms with Gasteiger partial charge in [0.25, 0.3) is 5.91 Å². The summed E-state index contributed by atoms with van der Waals surface area (Å²) in [6.45, 7) is 7.13. The number of amides is 2. The average Bonchev–Trinajstić information content (AvgIpc) is 3.21. The first-order chi connectivity index (χ1) is 13.9. The molecule has 1 aliphatic rings. The Morgan fingerprint density at radius 1 is 1.24 bits per heavy atom. The van der Waals surface area contributed by atoms with Crippen molar-refractivity contribution in [3.8, 4) is 0 Å². The zero-order valence-corrected chi connectivity index (χ0v) is 17.9. The summed E-state index contributed by atoms with van der Waals surface area (Å²) in [6, 6.07) is 7.16. The number of benzene rings is 1. The molecule has 7 nitrogen and oxygen atoms in total. The molecular weight excluding hydrogens is 410 g/mol. The van der Waals surface area contributed by atoms with E-state index in [9.17, 15) is 9.59 Å². The van der Waals surface area contributed by atoms with Gasteiger partial charge in [0.15, 0.2) is 0 Å². The van der Waals surface area contributed by atoms with Crippen molar-refractivity contribution >= 4 is 50.8 Å². The smallest absolute Gasteiger partial charge is 0.272 e. The van der Waals surface area contributed by atoms with E-state index >= 15 is 0 Å². The summed E-state index contributed by atoms with van der Waals surface area (Å²) in [4.78, 5) is 36.4. The molecule has 0 saturated carbocycles. The van der Waals surface area contributed by atoms with Crippen molar-refractivity contribution in [1.82, 2.24) is 19.8 Å².